The number of nitrogens with one attached hydrogen (secondary N) is 1. The lowest BCUT2D eigenvalue weighted by atomic mass is 10.5. The van der Waals surface area contributed by atoms with Gasteiger partial charge < -0.3 is 10.4 Å². The van der Waals surface area contributed by atoms with E-state index in [1.54, 1.807) is 22.2 Å². The van der Waals surface area contributed by atoms with Gasteiger partial charge in [-0.25, -0.2) is 4.98 Å². The molecule has 0 saturated heterocycles. The number of aliphatic hydroxyl groups is 1. The molecule has 2 heterocycles. The first-order chi connectivity index (χ1) is 7.78. The number of anilines is 1. The van der Waals surface area contributed by atoms with Gasteiger partial charge in [-0.2, -0.15) is 5.10 Å². The number of nitrogens with zero attached hydrogens (tertiary/aromatic N) is 3. The number of hydrogen-bond acceptors (Lipinski definition) is 5. The van der Waals surface area contributed by atoms with Crippen molar-refractivity contribution in [1.82, 2.24) is 14.8 Å². The van der Waals surface area contributed by atoms with E-state index in [0.717, 1.165) is 17.2 Å². The van der Waals surface area contributed by atoms with E-state index in [0.29, 0.717) is 6.54 Å². The quantitative estimate of drug-likeness (QED) is 0.871. The molecule has 0 aliphatic carbocycles. The minimum absolute atomic E-state index is 0. The van der Waals surface area contributed by atoms with Crippen molar-refractivity contribution in [2.45, 2.75) is 20.0 Å². The zero-order valence-corrected chi connectivity index (χ0v) is 11.1. The van der Waals surface area contributed by atoms with Gasteiger partial charge in [0.05, 0.1) is 36.6 Å². The molecule has 2 aromatic rings. The molecule has 7 heteroatoms. The molecule has 0 fully saturated rings. The Balaban J connectivity index is 0.00000144. The van der Waals surface area contributed by atoms with Gasteiger partial charge >= 0.3 is 0 Å². The van der Waals surface area contributed by atoms with E-state index < -0.39 is 0 Å². The first-order valence-electron chi connectivity index (χ1n) is 5.06. The highest BCUT2D eigenvalue weighted by Crippen LogP contribution is 2.14. The Labute approximate surface area is 110 Å². The van der Waals surface area contributed by atoms with Crippen LogP contribution in [0.15, 0.2) is 18.6 Å². The molecule has 0 radical (unpaired) electrons. The number of aromatic nitrogens is 3. The van der Waals surface area contributed by atoms with E-state index >= 15 is 0 Å². The normalized spacial score (nSPS) is 10.0. The third-order valence-corrected chi connectivity index (χ3v) is 3.01. The first-order valence-corrected chi connectivity index (χ1v) is 5.88. The third kappa shape index (κ3) is 3.99. The second-order valence-electron chi connectivity index (χ2n) is 3.41. The predicted octanol–water partition coefficient (Wildman–Crippen LogP) is 1.67. The van der Waals surface area contributed by atoms with Crippen LogP contribution in [0.5, 0.6) is 0 Å². The molecule has 0 unspecified atom stereocenters. The fourth-order valence-corrected chi connectivity index (χ4v) is 2.09. The van der Waals surface area contributed by atoms with Crippen molar-refractivity contribution in [2.24, 2.45) is 0 Å². The standard InChI is InChI=1S/C10H14N4OS.ClH/c1-8-11-5-10(16-8)6-12-9-4-13-14(7-9)2-3-15;/h4-5,7,12,15H,2-3,6H2,1H3;1H. The Morgan fingerprint density at radius 1 is 1.47 bits per heavy atom. The van der Waals surface area contributed by atoms with Gasteiger partial charge in [-0.3, -0.25) is 4.68 Å². The van der Waals surface area contributed by atoms with Gasteiger partial charge in [0.15, 0.2) is 0 Å². The van der Waals surface area contributed by atoms with Gasteiger partial charge in [-0.05, 0) is 6.92 Å². The molecule has 2 aromatic heterocycles. The molecule has 0 aliphatic rings. The largest absolute Gasteiger partial charge is 0.394 e. The number of hydrogen-bond donors (Lipinski definition) is 2. The van der Waals surface area contributed by atoms with Crippen molar-refractivity contribution < 1.29 is 5.11 Å². The average molecular weight is 275 g/mol. The number of thiazole rings is 1. The zero-order chi connectivity index (χ0) is 11.4. The van der Waals surface area contributed by atoms with Crippen molar-refractivity contribution in [3.05, 3.63) is 28.5 Å². The predicted molar refractivity (Wildman–Crippen MR) is 70.7 cm³/mol. The molecule has 2 rings (SSSR count). The number of aliphatic hydroxyl groups excluding tert-OH is 1. The fourth-order valence-electron chi connectivity index (χ4n) is 1.36. The Morgan fingerprint density at radius 3 is 2.94 bits per heavy atom. The van der Waals surface area contributed by atoms with E-state index in [1.165, 1.54) is 4.88 Å². The van der Waals surface area contributed by atoms with Crippen molar-refractivity contribution in [1.29, 1.82) is 0 Å². The summed E-state index contributed by atoms with van der Waals surface area (Å²) in [7, 11) is 0. The van der Waals surface area contributed by atoms with Crippen LogP contribution in [0.3, 0.4) is 0 Å². The van der Waals surface area contributed by atoms with Crippen LogP contribution in [0.2, 0.25) is 0 Å². The van der Waals surface area contributed by atoms with Crippen LogP contribution >= 0.6 is 23.7 Å². The summed E-state index contributed by atoms with van der Waals surface area (Å²) in [6, 6.07) is 0. The Hall–Kier alpha value is -1.11. The van der Waals surface area contributed by atoms with Gasteiger partial charge in [0.25, 0.3) is 0 Å². The van der Waals surface area contributed by atoms with Crippen molar-refractivity contribution in [3.8, 4) is 0 Å². The molecule has 2 N–H and O–H groups in total. The van der Waals surface area contributed by atoms with Crippen LogP contribution in [0.1, 0.15) is 9.88 Å². The lowest BCUT2D eigenvalue weighted by Gasteiger charge is -1.99. The van der Waals surface area contributed by atoms with Crippen LogP contribution in [0.25, 0.3) is 0 Å². The second-order valence-corrected chi connectivity index (χ2v) is 4.73. The maximum Gasteiger partial charge on any atom is 0.0897 e. The van der Waals surface area contributed by atoms with Crippen LogP contribution in [0.4, 0.5) is 5.69 Å². The minimum atomic E-state index is 0. The topological polar surface area (TPSA) is 63.0 Å². The molecular weight excluding hydrogens is 260 g/mol. The highest BCUT2D eigenvalue weighted by molar-refractivity contribution is 7.11. The molecule has 0 aliphatic heterocycles. The summed E-state index contributed by atoms with van der Waals surface area (Å²) in [5.41, 5.74) is 0.958. The van der Waals surface area contributed by atoms with Gasteiger partial charge in [0.1, 0.15) is 0 Å². The van der Waals surface area contributed by atoms with Crippen molar-refractivity contribution in [2.75, 3.05) is 11.9 Å². The molecule has 17 heavy (non-hydrogen) atoms. The highest BCUT2D eigenvalue weighted by atomic mass is 35.5. The van der Waals surface area contributed by atoms with E-state index in [9.17, 15) is 0 Å². The molecule has 94 valence electrons. The van der Waals surface area contributed by atoms with Gasteiger partial charge in [-0.15, -0.1) is 23.7 Å². The summed E-state index contributed by atoms with van der Waals surface area (Å²) >= 11 is 1.68. The molecule has 0 amide bonds. The number of halogens is 1. The van der Waals surface area contributed by atoms with Gasteiger partial charge in [-0.1, -0.05) is 0 Å². The molecule has 0 spiro atoms. The molecule has 0 saturated carbocycles. The van der Waals surface area contributed by atoms with Crippen molar-refractivity contribution in [3.63, 3.8) is 0 Å². The molecule has 0 aromatic carbocycles. The first kappa shape index (κ1) is 14.0. The van der Waals surface area contributed by atoms with Crippen LogP contribution in [0, 0.1) is 6.92 Å². The second kappa shape index (κ2) is 6.58. The smallest absolute Gasteiger partial charge is 0.0897 e. The monoisotopic (exact) mass is 274 g/mol. The Kier molecular flexibility index (Phi) is 5.40. The maximum absolute atomic E-state index is 8.75. The number of aryl methyl sites for hydroxylation is 1. The molecular formula is C10H15ClN4OS. The van der Waals surface area contributed by atoms with E-state index in [-0.39, 0.29) is 19.0 Å². The Morgan fingerprint density at radius 2 is 2.29 bits per heavy atom. The van der Waals surface area contributed by atoms with E-state index in [1.807, 2.05) is 19.3 Å². The molecule has 5 nitrogen and oxygen atoms in total. The maximum atomic E-state index is 8.75. The SMILES string of the molecule is Cc1ncc(CNc2cnn(CCO)c2)s1.Cl. The Bertz CT molecular complexity index is 457. The highest BCUT2D eigenvalue weighted by Gasteiger charge is 2.00. The molecule has 0 bridgehead atoms. The van der Waals surface area contributed by atoms with Crippen LogP contribution in [-0.4, -0.2) is 26.5 Å². The fraction of sp³-hybridized carbons (Fsp3) is 0.400. The van der Waals surface area contributed by atoms with E-state index in [4.69, 9.17) is 5.11 Å². The van der Waals surface area contributed by atoms with Crippen LogP contribution in [-0.2, 0) is 13.1 Å². The lowest BCUT2D eigenvalue weighted by molar-refractivity contribution is 0.269. The average Bonchev–Trinajstić information content (AvgIpc) is 2.85. The van der Waals surface area contributed by atoms with E-state index in [2.05, 4.69) is 15.4 Å². The summed E-state index contributed by atoms with van der Waals surface area (Å²) in [5.74, 6) is 0. The van der Waals surface area contributed by atoms with Crippen LogP contribution < -0.4 is 5.32 Å². The number of rotatable bonds is 5. The van der Waals surface area contributed by atoms with Gasteiger partial charge in [0.2, 0.25) is 0 Å². The summed E-state index contributed by atoms with van der Waals surface area (Å²) in [6.45, 7) is 3.39. The van der Waals surface area contributed by atoms with Gasteiger partial charge in [0, 0.05) is 17.3 Å². The third-order valence-electron chi connectivity index (χ3n) is 2.10. The van der Waals surface area contributed by atoms with Crippen molar-refractivity contribution >= 4 is 29.4 Å². The summed E-state index contributed by atoms with van der Waals surface area (Å²) in [6.07, 6.45) is 5.51. The summed E-state index contributed by atoms with van der Waals surface area (Å²) in [5, 5.41) is 17.2. The lowest BCUT2D eigenvalue weighted by Crippen LogP contribution is -2.01. The summed E-state index contributed by atoms with van der Waals surface area (Å²) in [4.78, 5) is 5.39. The summed E-state index contributed by atoms with van der Waals surface area (Å²) < 4.78 is 1.71. The minimum Gasteiger partial charge on any atom is -0.394 e. The zero-order valence-electron chi connectivity index (χ0n) is 9.46. The molecule has 0 atom stereocenters.